The number of hydrogen-bond acceptors (Lipinski definition) is 3. The number of hydrogen-bond donors (Lipinski definition) is 1. The van der Waals surface area contributed by atoms with Gasteiger partial charge in [-0.15, -0.1) is 11.8 Å². The fraction of sp³-hybridized carbons (Fsp3) is 0.308. The summed E-state index contributed by atoms with van der Waals surface area (Å²) in [6.45, 7) is 3.62. The van der Waals surface area contributed by atoms with Crippen LogP contribution in [-0.2, 0) is 18.8 Å². The van der Waals surface area contributed by atoms with Gasteiger partial charge in [-0.05, 0) is 24.6 Å². The molecule has 3 nitrogen and oxygen atoms in total. The Labute approximate surface area is 106 Å². The summed E-state index contributed by atoms with van der Waals surface area (Å²) in [5.41, 5.74) is 8.00. The molecule has 0 fully saturated rings. The summed E-state index contributed by atoms with van der Waals surface area (Å²) in [5, 5.41) is 4.26. The smallest absolute Gasteiger partial charge is 0.0530 e. The van der Waals surface area contributed by atoms with Crippen LogP contribution in [0.5, 0.6) is 0 Å². The van der Waals surface area contributed by atoms with Crippen LogP contribution in [0.2, 0.25) is 0 Å². The standard InChI is InChI=1S/C13H17N3S/c1-2-16-9-12(8-15-16)10-17-13-5-3-11(7-14)4-6-13/h3-6,8-9H,2,7,10,14H2,1H3. The van der Waals surface area contributed by atoms with Gasteiger partial charge in [0.1, 0.15) is 0 Å². The fourth-order valence-electron chi connectivity index (χ4n) is 1.54. The minimum atomic E-state index is 0.605. The zero-order valence-corrected chi connectivity index (χ0v) is 10.8. The summed E-state index contributed by atoms with van der Waals surface area (Å²) in [5.74, 6) is 0.960. The van der Waals surface area contributed by atoms with Crippen LogP contribution in [0.1, 0.15) is 18.1 Å². The van der Waals surface area contributed by atoms with Crippen LogP contribution in [0.3, 0.4) is 0 Å². The van der Waals surface area contributed by atoms with E-state index in [0.717, 1.165) is 12.3 Å². The molecule has 2 rings (SSSR count). The first-order valence-electron chi connectivity index (χ1n) is 5.75. The van der Waals surface area contributed by atoms with E-state index < -0.39 is 0 Å². The van der Waals surface area contributed by atoms with E-state index in [9.17, 15) is 0 Å². The van der Waals surface area contributed by atoms with E-state index in [0.29, 0.717) is 6.54 Å². The Morgan fingerprint density at radius 3 is 2.59 bits per heavy atom. The summed E-state index contributed by atoms with van der Waals surface area (Å²) in [6, 6.07) is 8.41. The van der Waals surface area contributed by atoms with Gasteiger partial charge in [0.05, 0.1) is 6.20 Å². The molecule has 2 aromatic rings. The lowest BCUT2D eigenvalue weighted by molar-refractivity contribution is 0.659. The van der Waals surface area contributed by atoms with E-state index in [2.05, 4.69) is 42.5 Å². The quantitative estimate of drug-likeness (QED) is 0.826. The van der Waals surface area contributed by atoms with Crippen molar-refractivity contribution < 1.29 is 0 Å². The van der Waals surface area contributed by atoms with Crippen LogP contribution in [0, 0.1) is 0 Å². The summed E-state index contributed by atoms with van der Waals surface area (Å²) in [6.07, 6.45) is 4.03. The van der Waals surface area contributed by atoms with Crippen LogP contribution in [0.4, 0.5) is 0 Å². The van der Waals surface area contributed by atoms with Gasteiger partial charge in [0.2, 0.25) is 0 Å². The van der Waals surface area contributed by atoms with Gasteiger partial charge in [-0.25, -0.2) is 0 Å². The van der Waals surface area contributed by atoms with Crippen LogP contribution < -0.4 is 5.73 Å². The lowest BCUT2D eigenvalue weighted by Crippen LogP contribution is -1.94. The predicted molar refractivity (Wildman–Crippen MR) is 71.8 cm³/mol. The maximum atomic E-state index is 5.57. The van der Waals surface area contributed by atoms with E-state index in [-0.39, 0.29) is 0 Å². The minimum absolute atomic E-state index is 0.605. The highest BCUT2D eigenvalue weighted by molar-refractivity contribution is 7.98. The second-order valence-corrected chi connectivity index (χ2v) is 4.89. The van der Waals surface area contributed by atoms with Crippen LogP contribution in [0.25, 0.3) is 0 Å². The Hall–Kier alpha value is -1.26. The average molecular weight is 247 g/mol. The molecule has 1 heterocycles. The van der Waals surface area contributed by atoms with Gasteiger partial charge >= 0.3 is 0 Å². The van der Waals surface area contributed by atoms with E-state index in [1.807, 2.05) is 22.6 Å². The van der Waals surface area contributed by atoms with Crippen molar-refractivity contribution in [2.24, 2.45) is 5.73 Å². The Kier molecular flexibility index (Phi) is 4.23. The van der Waals surface area contributed by atoms with E-state index in [1.165, 1.54) is 16.0 Å². The summed E-state index contributed by atoms with van der Waals surface area (Å²) < 4.78 is 1.95. The maximum Gasteiger partial charge on any atom is 0.0530 e. The highest BCUT2D eigenvalue weighted by Crippen LogP contribution is 2.22. The summed E-state index contributed by atoms with van der Waals surface area (Å²) >= 11 is 1.82. The Bertz CT molecular complexity index is 462. The fourth-order valence-corrected chi connectivity index (χ4v) is 2.35. The van der Waals surface area contributed by atoms with Crippen molar-refractivity contribution in [3.05, 3.63) is 47.8 Å². The van der Waals surface area contributed by atoms with Gasteiger partial charge in [-0.3, -0.25) is 4.68 Å². The van der Waals surface area contributed by atoms with Crippen molar-refractivity contribution in [2.45, 2.75) is 30.7 Å². The third-order valence-corrected chi connectivity index (χ3v) is 3.66. The van der Waals surface area contributed by atoms with Crippen molar-refractivity contribution in [3.8, 4) is 0 Å². The third-order valence-electron chi connectivity index (χ3n) is 2.58. The maximum absolute atomic E-state index is 5.57. The van der Waals surface area contributed by atoms with Gasteiger partial charge in [0.15, 0.2) is 0 Å². The molecule has 0 bridgehead atoms. The first-order chi connectivity index (χ1) is 8.31. The number of rotatable bonds is 5. The molecular weight excluding hydrogens is 230 g/mol. The molecule has 0 unspecified atom stereocenters. The number of aryl methyl sites for hydroxylation is 1. The van der Waals surface area contributed by atoms with Crippen molar-refractivity contribution in [3.63, 3.8) is 0 Å². The van der Waals surface area contributed by atoms with Gasteiger partial charge in [-0.1, -0.05) is 12.1 Å². The molecule has 0 saturated carbocycles. The highest BCUT2D eigenvalue weighted by Gasteiger charge is 1.99. The highest BCUT2D eigenvalue weighted by atomic mass is 32.2. The normalized spacial score (nSPS) is 10.7. The average Bonchev–Trinajstić information content (AvgIpc) is 2.85. The van der Waals surface area contributed by atoms with Gasteiger partial charge < -0.3 is 5.73 Å². The molecule has 17 heavy (non-hydrogen) atoms. The molecule has 0 atom stereocenters. The minimum Gasteiger partial charge on any atom is -0.326 e. The lowest BCUT2D eigenvalue weighted by Gasteiger charge is -2.01. The second-order valence-electron chi connectivity index (χ2n) is 3.84. The Morgan fingerprint density at radius 1 is 1.24 bits per heavy atom. The van der Waals surface area contributed by atoms with Crippen molar-refractivity contribution in [1.29, 1.82) is 0 Å². The van der Waals surface area contributed by atoms with E-state index in [1.54, 1.807) is 0 Å². The van der Waals surface area contributed by atoms with Crippen LogP contribution in [0.15, 0.2) is 41.6 Å². The molecule has 0 aliphatic carbocycles. The number of nitrogens with two attached hydrogens (primary N) is 1. The molecule has 1 aromatic heterocycles. The van der Waals surface area contributed by atoms with E-state index >= 15 is 0 Å². The number of thioether (sulfide) groups is 1. The topological polar surface area (TPSA) is 43.8 Å². The first-order valence-corrected chi connectivity index (χ1v) is 6.73. The van der Waals surface area contributed by atoms with Gasteiger partial charge in [0.25, 0.3) is 0 Å². The lowest BCUT2D eigenvalue weighted by atomic mass is 10.2. The molecular formula is C13H17N3S. The molecule has 0 spiro atoms. The monoisotopic (exact) mass is 247 g/mol. The molecule has 0 amide bonds. The number of benzene rings is 1. The molecule has 90 valence electrons. The SMILES string of the molecule is CCn1cc(CSc2ccc(CN)cc2)cn1. The zero-order chi connectivity index (χ0) is 12.1. The second kappa shape index (κ2) is 5.89. The van der Waals surface area contributed by atoms with Crippen molar-refractivity contribution >= 4 is 11.8 Å². The molecule has 0 aliphatic heterocycles. The molecule has 0 radical (unpaired) electrons. The molecule has 0 aliphatic rings. The molecule has 2 N–H and O–H groups in total. The van der Waals surface area contributed by atoms with E-state index in [4.69, 9.17) is 5.73 Å². The molecule has 1 aromatic carbocycles. The summed E-state index contributed by atoms with van der Waals surface area (Å²) in [7, 11) is 0. The number of nitrogens with zero attached hydrogens (tertiary/aromatic N) is 2. The predicted octanol–water partition coefficient (Wildman–Crippen LogP) is 2.65. The summed E-state index contributed by atoms with van der Waals surface area (Å²) in [4.78, 5) is 1.27. The number of aromatic nitrogens is 2. The largest absolute Gasteiger partial charge is 0.326 e. The Balaban J connectivity index is 1.92. The van der Waals surface area contributed by atoms with Crippen molar-refractivity contribution in [2.75, 3.05) is 0 Å². The molecule has 0 saturated heterocycles. The van der Waals surface area contributed by atoms with Crippen molar-refractivity contribution in [1.82, 2.24) is 9.78 Å². The van der Waals surface area contributed by atoms with Crippen LogP contribution >= 0.6 is 11.8 Å². The van der Waals surface area contributed by atoms with Gasteiger partial charge in [0, 0.05) is 35.5 Å². The third kappa shape index (κ3) is 3.35. The Morgan fingerprint density at radius 2 is 2.00 bits per heavy atom. The van der Waals surface area contributed by atoms with Gasteiger partial charge in [-0.2, -0.15) is 5.10 Å². The van der Waals surface area contributed by atoms with Crippen LogP contribution in [-0.4, -0.2) is 9.78 Å². The molecule has 4 heteroatoms. The zero-order valence-electron chi connectivity index (χ0n) is 9.97. The first kappa shape index (κ1) is 12.2.